The molecule has 0 aromatic heterocycles. The van der Waals surface area contributed by atoms with E-state index < -0.39 is 22.2 Å². The van der Waals surface area contributed by atoms with E-state index in [0.717, 1.165) is 19.3 Å². The second kappa shape index (κ2) is 3.97. The summed E-state index contributed by atoms with van der Waals surface area (Å²) in [6.45, 7) is 1.86. The van der Waals surface area contributed by atoms with Gasteiger partial charge in [0, 0.05) is 12.6 Å². The van der Waals surface area contributed by atoms with Crippen LogP contribution in [-0.2, 0) is 15.0 Å². The maximum atomic E-state index is 11.9. The second-order valence-corrected chi connectivity index (χ2v) is 6.24. The number of carboxylic acids is 1. The average molecular weight is 248 g/mol. The van der Waals surface area contributed by atoms with E-state index in [2.05, 4.69) is 4.72 Å². The van der Waals surface area contributed by atoms with Gasteiger partial charge in [0.25, 0.3) is 10.2 Å². The van der Waals surface area contributed by atoms with E-state index in [0.29, 0.717) is 12.5 Å². The number of hydrogen-bond acceptors (Lipinski definition) is 3. The van der Waals surface area contributed by atoms with Gasteiger partial charge in [0.1, 0.15) is 6.04 Å². The monoisotopic (exact) mass is 248 g/mol. The zero-order chi connectivity index (χ0) is 11.9. The Labute approximate surface area is 94.8 Å². The standard InChI is InChI=1S/C9H16N2O4S/c1-6(9(12)13)10-16(14,15)11-5-7-2-3-8(11)4-7/h6-8,10H,2-5H2,1H3,(H,12,13)/t6-,7?,8?/m1/s1. The van der Waals surface area contributed by atoms with Crippen molar-refractivity contribution in [1.29, 1.82) is 0 Å². The van der Waals surface area contributed by atoms with Gasteiger partial charge < -0.3 is 5.11 Å². The summed E-state index contributed by atoms with van der Waals surface area (Å²) in [6, 6.07) is -1.01. The molecule has 6 nitrogen and oxygen atoms in total. The SMILES string of the molecule is C[C@@H](NS(=O)(=O)N1CC2CCC1C2)C(=O)O. The third-order valence-electron chi connectivity index (χ3n) is 3.36. The number of piperidine rings is 1. The average Bonchev–Trinajstić information content (AvgIpc) is 2.77. The number of rotatable bonds is 4. The van der Waals surface area contributed by atoms with Crippen molar-refractivity contribution in [3.63, 3.8) is 0 Å². The van der Waals surface area contributed by atoms with Gasteiger partial charge in [0.2, 0.25) is 0 Å². The van der Waals surface area contributed by atoms with Crippen LogP contribution in [0.1, 0.15) is 26.2 Å². The molecule has 2 fully saturated rings. The highest BCUT2D eigenvalue weighted by atomic mass is 32.2. The van der Waals surface area contributed by atoms with Crippen LogP contribution in [0.5, 0.6) is 0 Å². The van der Waals surface area contributed by atoms with E-state index in [1.165, 1.54) is 11.2 Å². The van der Waals surface area contributed by atoms with Gasteiger partial charge in [0.15, 0.2) is 0 Å². The summed E-state index contributed by atoms with van der Waals surface area (Å²) >= 11 is 0. The van der Waals surface area contributed by atoms with Crippen LogP contribution in [-0.4, -0.2) is 42.4 Å². The largest absolute Gasteiger partial charge is 0.480 e. The highest BCUT2D eigenvalue weighted by Crippen LogP contribution is 2.38. The number of carbonyl (C=O) groups is 1. The van der Waals surface area contributed by atoms with Crippen molar-refractivity contribution in [2.45, 2.75) is 38.3 Å². The fraction of sp³-hybridized carbons (Fsp3) is 0.889. The molecular weight excluding hydrogens is 232 g/mol. The zero-order valence-electron chi connectivity index (χ0n) is 9.09. The Morgan fingerprint density at radius 2 is 2.19 bits per heavy atom. The molecular formula is C9H16N2O4S. The van der Waals surface area contributed by atoms with Gasteiger partial charge in [0.05, 0.1) is 0 Å². The Morgan fingerprint density at radius 3 is 2.62 bits per heavy atom. The van der Waals surface area contributed by atoms with Crippen LogP contribution in [0.15, 0.2) is 0 Å². The van der Waals surface area contributed by atoms with Crippen molar-refractivity contribution in [3.05, 3.63) is 0 Å². The molecule has 1 saturated carbocycles. The number of fused-ring (bicyclic) bond motifs is 2. The van der Waals surface area contributed by atoms with E-state index in [9.17, 15) is 13.2 Å². The quantitative estimate of drug-likeness (QED) is 0.720. The molecule has 1 aliphatic carbocycles. The first-order chi connectivity index (χ1) is 7.40. The van der Waals surface area contributed by atoms with Crippen molar-refractivity contribution in [3.8, 4) is 0 Å². The summed E-state index contributed by atoms with van der Waals surface area (Å²) in [7, 11) is -3.63. The van der Waals surface area contributed by atoms with Crippen molar-refractivity contribution in [1.82, 2.24) is 9.03 Å². The van der Waals surface area contributed by atoms with Gasteiger partial charge in [-0.05, 0) is 32.1 Å². The topological polar surface area (TPSA) is 86.7 Å². The molecule has 1 aliphatic heterocycles. The third-order valence-corrected chi connectivity index (χ3v) is 5.08. The maximum Gasteiger partial charge on any atom is 0.321 e. The van der Waals surface area contributed by atoms with E-state index in [1.54, 1.807) is 0 Å². The molecule has 0 aromatic rings. The molecule has 1 heterocycles. The molecule has 3 atom stereocenters. The Kier molecular flexibility index (Phi) is 2.93. The predicted molar refractivity (Wildman–Crippen MR) is 57.0 cm³/mol. The molecule has 2 bridgehead atoms. The molecule has 0 radical (unpaired) electrons. The van der Waals surface area contributed by atoms with Crippen LogP contribution in [0.3, 0.4) is 0 Å². The molecule has 2 aliphatic rings. The Morgan fingerprint density at radius 1 is 1.50 bits per heavy atom. The van der Waals surface area contributed by atoms with Crippen LogP contribution >= 0.6 is 0 Å². The smallest absolute Gasteiger partial charge is 0.321 e. The highest BCUT2D eigenvalue weighted by molar-refractivity contribution is 7.87. The van der Waals surface area contributed by atoms with E-state index >= 15 is 0 Å². The van der Waals surface area contributed by atoms with Gasteiger partial charge in [-0.2, -0.15) is 17.4 Å². The minimum atomic E-state index is -3.63. The summed E-state index contributed by atoms with van der Waals surface area (Å²) in [5, 5.41) is 8.67. The number of nitrogens with zero attached hydrogens (tertiary/aromatic N) is 1. The fourth-order valence-corrected chi connectivity index (χ4v) is 4.19. The third kappa shape index (κ3) is 2.07. The van der Waals surface area contributed by atoms with Crippen LogP contribution in [0.4, 0.5) is 0 Å². The Hall–Kier alpha value is -0.660. The zero-order valence-corrected chi connectivity index (χ0v) is 9.90. The van der Waals surface area contributed by atoms with Gasteiger partial charge >= 0.3 is 5.97 Å². The second-order valence-electron chi connectivity index (χ2n) is 4.59. The van der Waals surface area contributed by atoms with Crippen molar-refractivity contribution >= 4 is 16.2 Å². The number of aliphatic carboxylic acids is 1. The van der Waals surface area contributed by atoms with E-state index in [-0.39, 0.29) is 6.04 Å². The molecule has 92 valence electrons. The normalized spacial score (nSPS) is 31.8. The van der Waals surface area contributed by atoms with Crippen molar-refractivity contribution in [2.75, 3.05) is 6.54 Å². The van der Waals surface area contributed by atoms with E-state index in [4.69, 9.17) is 5.11 Å². The maximum absolute atomic E-state index is 11.9. The molecule has 1 saturated heterocycles. The predicted octanol–water partition coefficient (Wildman–Crippen LogP) is -0.222. The minimum Gasteiger partial charge on any atom is -0.480 e. The lowest BCUT2D eigenvalue weighted by Gasteiger charge is -2.27. The highest BCUT2D eigenvalue weighted by Gasteiger charge is 2.44. The molecule has 16 heavy (non-hydrogen) atoms. The van der Waals surface area contributed by atoms with Crippen molar-refractivity contribution < 1.29 is 18.3 Å². The molecule has 0 aromatic carbocycles. The van der Waals surface area contributed by atoms with Crippen molar-refractivity contribution in [2.24, 2.45) is 5.92 Å². The van der Waals surface area contributed by atoms with Gasteiger partial charge in [-0.1, -0.05) is 0 Å². The lowest BCUT2D eigenvalue weighted by Crippen LogP contribution is -2.49. The Balaban J connectivity index is 2.05. The summed E-state index contributed by atoms with van der Waals surface area (Å²) in [5.74, 6) is -0.699. The molecule has 2 unspecified atom stereocenters. The molecule has 0 amide bonds. The number of nitrogens with one attached hydrogen (secondary N) is 1. The van der Waals surface area contributed by atoms with Crippen LogP contribution < -0.4 is 4.72 Å². The minimum absolute atomic E-state index is 0.0727. The van der Waals surface area contributed by atoms with Crippen LogP contribution in [0.25, 0.3) is 0 Å². The first-order valence-corrected chi connectivity index (χ1v) is 6.86. The summed E-state index contributed by atoms with van der Waals surface area (Å²) in [4.78, 5) is 10.6. The van der Waals surface area contributed by atoms with Crippen LogP contribution in [0.2, 0.25) is 0 Å². The van der Waals surface area contributed by atoms with Crippen LogP contribution in [0, 0.1) is 5.92 Å². The summed E-state index contributed by atoms with van der Waals surface area (Å²) in [5.41, 5.74) is 0. The molecule has 0 spiro atoms. The first kappa shape index (κ1) is 11.8. The van der Waals surface area contributed by atoms with Gasteiger partial charge in [-0.3, -0.25) is 4.79 Å². The number of hydrogen-bond donors (Lipinski definition) is 2. The van der Waals surface area contributed by atoms with Gasteiger partial charge in [-0.25, -0.2) is 0 Å². The Bertz CT molecular complexity index is 394. The van der Waals surface area contributed by atoms with Gasteiger partial charge in [-0.15, -0.1) is 0 Å². The lowest BCUT2D eigenvalue weighted by atomic mass is 10.1. The summed E-state index contributed by atoms with van der Waals surface area (Å²) < 4.78 is 27.4. The lowest BCUT2D eigenvalue weighted by molar-refractivity contribution is -0.138. The van der Waals surface area contributed by atoms with E-state index in [1.807, 2.05) is 0 Å². The first-order valence-electron chi connectivity index (χ1n) is 5.42. The fourth-order valence-electron chi connectivity index (χ4n) is 2.52. The number of carboxylic acid groups (broad SMARTS) is 1. The summed E-state index contributed by atoms with van der Waals surface area (Å²) in [6.07, 6.45) is 2.90. The molecule has 7 heteroatoms. The molecule has 2 N–H and O–H groups in total. The molecule has 2 rings (SSSR count).